The Labute approximate surface area is 87.5 Å². The highest BCUT2D eigenvalue weighted by atomic mass is 19.4. The van der Waals surface area contributed by atoms with E-state index in [1.54, 1.807) is 0 Å². The molecule has 1 rings (SSSR count). The number of nitrogens with two attached hydrogens (primary N) is 1. The number of rotatable bonds is 2. The largest absolute Gasteiger partial charge is 0.479 e. The highest BCUT2D eigenvalue weighted by Gasteiger charge is 2.59. The van der Waals surface area contributed by atoms with Crippen molar-refractivity contribution in [2.75, 3.05) is 0 Å². The monoisotopic (exact) mass is 237 g/mol. The molecule has 1 aromatic carbocycles. The van der Waals surface area contributed by atoms with Crippen LogP contribution in [0.4, 0.5) is 17.6 Å². The van der Waals surface area contributed by atoms with Gasteiger partial charge in [-0.15, -0.1) is 0 Å². The second-order valence-corrected chi connectivity index (χ2v) is 3.12. The van der Waals surface area contributed by atoms with Gasteiger partial charge in [0.15, 0.2) is 0 Å². The highest BCUT2D eigenvalue weighted by Crippen LogP contribution is 2.37. The maximum Gasteiger partial charge on any atom is 0.421 e. The van der Waals surface area contributed by atoms with E-state index in [4.69, 9.17) is 10.8 Å². The molecule has 0 aliphatic heterocycles. The third-order valence-corrected chi connectivity index (χ3v) is 2.06. The summed E-state index contributed by atoms with van der Waals surface area (Å²) in [4.78, 5) is 10.6. The van der Waals surface area contributed by atoms with Crippen LogP contribution in [-0.2, 0) is 10.3 Å². The summed E-state index contributed by atoms with van der Waals surface area (Å²) in [6, 6.07) is 3.11. The van der Waals surface area contributed by atoms with Gasteiger partial charge in [0.25, 0.3) is 0 Å². The maximum atomic E-state index is 12.7. The molecule has 0 aliphatic carbocycles. The zero-order chi connectivity index (χ0) is 12.6. The molecule has 1 aromatic rings. The molecule has 16 heavy (non-hydrogen) atoms. The van der Waals surface area contributed by atoms with Crippen molar-refractivity contribution < 1.29 is 27.5 Å². The molecule has 0 saturated carbocycles. The van der Waals surface area contributed by atoms with E-state index in [0.29, 0.717) is 6.07 Å². The lowest BCUT2D eigenvalue weighted by molar-refractivity contribution is -0.204. The van der Waals surface area contributed by atoms with E-state index < -0.39 is 29.1 Å². The smallest absolute Gasteiger partial charge is 0.421 e. The van der Waals surface area contributed by atoms with Crippen LogP contribution < -0.4 is 5.73 Å². The fourth-order valence-corrected chi connectivity index (χ4v) is 1.14. The van der Waals surface area contributed by atoms with Crippen molar-refractivity contribution in [1.82, 2.24) is 0 Å². The van der Waals surface area contributed by atoms with Crippen LogP contribution in [-0.4, -0.2) is 17.3 Å². The molecule has 0 aliphatic rings. The van der Waals surface area contributed by atoms with Gasteiger partial charge in [0.2, 0.25) is 5.54 Å². The molecule has 0 radical (unpaired) electrons. The number of carbonyl (C=O) groups is 1. The summed E-state index contributed by atoms with van der Waals surface area (Å²) in [6.07, 6.45) is -5.22. The van der Waals surface area contributed by atoms with Gasteiger partial charge in [-0.1, -0.05) is 12.1 Å². The summed E-state index contributed by atoms with van der Waals surface area (Å²) in [5, 5.41) is 8.55. The lowest BCUT2D eigenvalue weighted by Gasteiger charge is -2.27. The van der Waals surface area contributed by atoms with Crippen LogP contribution >= 0.6 is 0 Å². The molecule has 3 N–H and O–H groups in total. The third kappa shape index (κ3) is 1.85. The SMILES string of the molecule is N[C@@](C(=O)O)(c1cccc(F)c1)C(F)(F)F. The summed E-state index contributed by atoms with van der Waals surface area (Å²) in [6.45, 7) is 0. The highest BCUT2D eigenvalue weighted by molar-refractivity contribution is 5.81. The van der Waals surface area contributed by atoms with Crippen molar-refractivity contribution in [2.45, 2.75) is 11.7 Å². The Kier molecular flexibility index (Phi) is 2.91. The first kappa shape index (κ1) is 12.4. The van der Waals surface area contributed by atoms with Crippen molar-refractivity contribution in [3.8, 4) is 0 Å². The number of carboxylic acid groups (broad SMARTS) is 1. The van der Waals surface area contributed by atoms with E-state index in [9.17, 15) is 22.4 Å². The number of benzene rings is 1. The van der Waals surface area contributed by atoms with Crippen molar-refractivity contribution in [3.05, 3.63) is 35.6 Å². The molecule has 0 amide bonds. The molecule has 0 spiro atoms. The molecule has 0 heterocycles. The van der Waals surface area contributed by atoms with E-state index in [0.717, 1.165) is 18.2 Å². The summed E-state index contributed by atoms with van der Waals surface area (Å²) in [5.41, 5.74) is 0.361. The zero-order valence-electron chi connectivity index (χ0n) is 7.75. The Morgan fingerprint density at radius 3 is 2.25 bits per heavy atom. The van der Waals surface area contributed by atoms with Gasteiger partial charge in [0.1, 0.15) is 5.82 Å². The number of aliphatic carboxylic acids is 1. The number of hydrogen-bond acceptors (Lipinski definition) is 2. The Hall–Kier alpha value is -1.63. The molecule has 0 aromatic heterocycles. The normalized spacial score (nSPS) is 15.6. The molecular weight excluding hydrogens is 230 g/mol. The Bertz CT molecular complexity index is 418. The Morgan fingerprint density at radius 1 is 1.31 bits per heavy atom. The number of alkyl halides is 3. The number of carboxylic acids is 1. The minimum absolute atomic E-state index is 0.446. The second-order valence-electron chi connectivity index (χ2n) is 3.12. The lowest BCUT2D eigenvalue weighted by Crippen LogP contribution is -2.56. The van der Waals surface area contributed by atoms with Crippen molar-refractivity contribution in [2.24, 2.45) is 5.73 Å². The van der Waals surface area contributed by atoms with Crippen LogP contribution in [0, 0.1) is 5.82 Å². The summed E-state index contributed by atoms with van der Waals surface area (Å²) >= 11 is 0. The van der Waals surface area contributed by atoms with Crippen molar-refractivity contribution >= 4 is 5.97 Å². The fourth-order valence-electron chi connectivity index (χ4n) is 1.14. The van der Waals surface area contributed by atoms with Gasteiger partial charge in [-0.3, -0.25) is 0 Å². The van der Waals surface area contributed by atoms with Crippen LogP contribution in [0.2, 0.25) is 0 Å². The maximum absolute atomic E-state index is 12.7. The minimum Gasteiger partial charge on any atom is -0.479 e. The van der Waals surface area contributed by atoms with Crippen LogP contribution in [0.1, 0.15) is 5.56 Å². The van der Waals surface area contributed by atoms with E-state index in [1.807, 2.05) is 0 Å². The Morgan fingerprint density at radius 2 is 1.88 bits per heavy atom. The van der Waals surface area contributed by atoms with Gasteiger partial charge >= 0.3 is 12.1 Å². The molecule has 0 bridgehead atoms. The van der Waals surface area contributed by atoms with Gasteiger partial charge in [-0.05, 0) is 17.7 Å². The molecule has 7 heteroatoms. The molecule has 0 unspecified atom stereocenters. The first-order valence-corrected chi connectivity index (χ1v) is 4.04. The summed E-state index contributed by atoms with van der Waals surface area (Å²) in [7, 11) is 0. The van der Waals surface area contributed by atoms with Crippen LogP contribution in [0.25, 0.3) is 0 Å². The first-order valence-electron chi connectivity index (χ1n) is 4.04. The third-order valence-electron chi connectivity index (χ3n) is 2.06. The quantitative estimate of drug-likeness (QED) is 0.768. The van der Waals surface area contributed by atoms with Gasteiger partial charge in [0.05, 0.1) is 0 Å². The number of hydrogen-bond donors (Lipinski definition) is 2. The van der Waals surface area contributed by atoms with Crippen molar-refractivity contribution in [1.29, 1.82) is 0 Å². The molecular formula is C9H7F4NO2. The van der Waals surface area contributed by atoms with E-state index in [-0.39, 0.29) is 0 Å². The molecule has 1 atom stereocenters. The topological polar surface area (TPSA) is 63.3 Å². The van der Waals surface area contributed by atoms with Crippen LogP contribution in [0.3, 0.4) is 0 Å². The summed E-state index contributed by atoms with van der Waals surface area (Å²) in [5.74, 6) is -3.27. The Balaban J connectivity index is 3.39. The minimum atomic E-state index is -5.22. The van der Waals surface area contributed by atoms with Crippen LogP contribution in [0.5, 0.6) is 0 Å². The summed E-state index contributed by atoms with van der Waals surface area (Å²) < 4.78 is 50.4. The van der Waals surface area contributed by atoms with E-state index in [1.165, 1.54) is 0 Å². The standard InChI is InChI=1S/C9H7F4NO2/c10-6-3-1-2-5(4-6)8(14,7(15)16)9(11,12)13/h1-4H,14H2,(H,15,16)/t8-/m1/s1. The average molecular weight is 237 g/mol. The first-order chi connectivity index (χ1) is 7.19. The van der Waals surface area contributed by atoms with Gasteiger partial charge in [0, 0.05) is 0 Å². The van der Waals surface area contributed by atoms with E-state index >= 15 is 0 Å². The predicted molar refractivity (Wildman–Crippen MR) is 46.0 cm³/mol. The fraction of sp³-hybridized carbons (Fsp3) is 0.222. The van der Waals surface area contributed by atoms with Gasteiger partial charge in [-0.25, -0.2) is 9.18 Å². The predicted octanol–water partition coefficient (Wildman–Crippen LogP) is 1.63. The van der Waals surface area contributed by atoms with Gasteiger partial charge in [-0.2, -0.15) is 13.2 Å². The lowest BCUT2D eigenvalue weighted by atomic mass is 9.90. The number of halogens is 4. The van der Waals surface area contributed by atoms with Crippen LogP contribution in [0.15, 0.2) is 24.3 Å². The van der Waals surface area contributed by atoms with E-state index in [2.05, 4.69) is 0 Å². The molecule has 88 valence electrons. The molecule has 3 nitrogen and oxygen atoms in total. The average Bonchev–Trinajstić information content (AvgIpc) is 2.14. The van der Waals surface area contributed by atoms with Crippen molar-refractivity contribution in [3.63, 3.8) is 0 Å². The molecule has 0 saturated heterocycles. The molecule has 0 fully saturated rings. The second kappa shape index (κ2) is 3.75. The zero-order valence-corrected chi connectivity index (χ0v) is 7.75. The van der Waals surface area contributed by atoms with Gasteiger partial charge < -0.3 is 10.8 Å².